The highest BCUT2D eigenvalue weighted by Crippen LogP contribution is 2.18. The number of carbonyl (C=O) groups is 1. The van der Waals surface area contributed by atoms with Crippen LogP contribution in [0.2, 0.25) is 0 Å². The van der Waals surface area contributed by atoms with Gasteiger partial charge in [0.25, 0.3) is 11.6 Å². The normalized spacial score (nSPS) is 9.78. The molecule has 0 fully saturated rings. The summed E-state index contributed by atoms with van der Waals surface area (Å²) in [6, 6.07) is 7.28. The summed E-state index contributed by atoms with van der Waals surface area (Å²) < 4.78 is 0. The molecule has 1 N–H and O–H groups in total. The number of nitro benzene ring substituents is 1. The second kappa shape index (κ2) is 5.00. The van der Waals surface area contributed by atoms with Crippen molar-refractivity contribution >= 4 is 17.5 Å². The third kappa shape index (κ3) is 2.46. The molecule has 2 rings (SSSR count). The van der Waals surface area contributed by atoms with Crippen molar-refractivity contribution in [2.75, 3.05) is 5.32 Å². The molecule has 1 amide bonds. The summed E-state index contributed by atoms with van der Waals surface area (Å²) in [7, 11) is 0. The Morgan fingerprint density at radius 2 is 1.83 bits per heavy atom. The lowest BCUT2D eigenvalue weighted by molar-refractivity contribution is -0.385. The van der Waals surface area contributed by atoms with Gasteiger partial charge in [0, 0.05) is 18.5 Å². The summed E-state index contributed by atoms with van der Waals surface area (Å²) in [5.41, 5.74) is -0.291. The SMILES string of the molecule is O=C(Nc1ncccn1)c1ccccc1[N+](=O)[O-]. The molecule has 90 valence electrons. The van der Waals surface area contributed by atoms with E-state index in [0.717, 1.165) is 0 Å². The zero-order valence-electron chi connectivity index (χ0n) is 9.11. The molecule has 7 nitrogen and oxygen atoms in total. The summed E-state index contributed by atoms with van der Waals surface area (Å²) in [5, 5.41) is 13.2. The van der Waals surface area contributed by atoms with E-state index in [1.54, 1.807) is 12.1 Å². The van der Waals surface area contributed by atoms with Crippen LogP contribution in [-0.2, 0) is 0 Å². The van der Waals surface area contributed by atoms with Gasteiger partial charge in [-0.15, -0.1) is 0 Å². The van der Waals surface area contributed by atoms with E-state index in [1.165, 1.54) is 30.6 Å². The minimum absolute atomic E-state index is 0.0325. The third-order valence-electron chi connectivity index (χ3n) is 2.14. The van der Waals surface area contributed by atoms with Gasteiger partial charge in [-0.05, 0) is 12.1 Å². The average Bonchev–Trinajstić information content (AvgIpc) is 2.40. The first-order valence-electron chi connectivity index (χ1n) is 5.00. The maximum atomic E-state index is 11.8. The van der Waals surface area contributed by atoms with E-state index in [4.69, 9.17) is 0 Å². The number of nitrogens with zero attached hydrogens (tertiary/aromatic N) is 3. The molecular formula is C11H8N4O3. The number of anilines is 1. The number of carbonyl (C=O) groups excluding carboxylic acids is 1. The van der Waals surface area contributed by atoms with Gasteiger partial charge in [-0.25, -0.2) is 9.97 Å². The Balaban J connectivity index is 2.27. The van der Waals surface area contributed by atoms with Gasteiger partial charge in [-0.1, -0.05) is 12.1 Å². The van der Waals surface area contributed by atoms with E-state index in [2.05, 4.69) is 15.3 Å². The van der Waals surface area contributed by atoms with Gasteiger partial charge in [0.1, 0.15) is 5.56 Å². The van der Waals surface area contributed by atoms with E-state index >= 15 is 0 Å². The van der Waals surface area contributed by atoms with E-state index in [9.17, 15) is 14.9 Å². The summed E-state index contributed by atoms with van der Waals surface area (Å²) in [4.78, 5) is 29.6. The van der Waals surface area contributed by atoms with Gasteiger partial charge in [0.15, 0.2) is 0 Å². The molecule has 0 aliphatic carbocycles. The Morgan fingerprint density at radius 1 is 1.17 bits per heavy atom. The lowest BCUT2D eigenvalue weighted by Gasteiger charge is -2.03. The number of aromatic nitrogens is 2. The van der Waals surface area contributed by atoms with Crippen LogP contribution in [-0.4, -0.2) is 20.8 Å². The molecule has 2 aromatic rings. The minimum atomic E-state index is -0.617. The first-order chi connectivity index (χ1) is 8.68. The maximum absolute atomic E-state index is 11.8. The van der Waals surface area contributed by atoms with Crippen LogP contribution in [0.15, 0.2) is 42.7 Å². The highest BCUT2D eigenvalue weighted by Gasteiger charge is 2.19. The largest absolute Gasteiger partial charge is 0.290 e. The molecule has 18 heavy (non-hydrogen) atoms. The van der Waals surface area contributed by atoms with Gasteiger partial charge >= 0.3 is 0 Å². The molecule has 7 heteroatoms. The Bertz CT molecular complexity index is 586. The van der Waals surface area contributed by atoms with Crippen LogP contribution in [0.5, 0.6) is 0 Å². The second-order valence-electron chi connectivity index (χ2n) is 3.30. The van der Waals surface area contributed by atoms with E-state index in [1.807, 2.05) is 0 Å². The van der Waals surface area contributed by atoms with Crippen molar-refractivity contribution in [2.24, 2.45) is 0 Å². The number of amides is 1. The fourth-order valence-corrected chi connectivity index (χ4v) is 1.36. The van der Waals surface area contributed by atoms with E-state index in [0.29, 0.717) is 0 Å². The Hall–Kier alpha value is -2.83. The maximum Gasteiger partial charge on any atom is 0.282 e. The van der Waals surface area contributed by atoms with E-state index < -0.39 is 10.8 Å². The molecule has 0 atom stereocenters. The van der Waals surface area contributed by atoms with Crippen LogP contribution in [0, 0.1) is 10.1 Å². The molecule has 1 heterocycles. The van der Waals surface area contributed by atoms with Gasteiger partial charge in [-0.3, -0.25) is 20.2 Å². The lowest BCUT2D eigenvalue weighted by atomic mass is 10.1. The number of nitrogens with one attached hydrogen (secondary N) is 1. The van der Waals surface area contributed by atoms with Crippen LogP contribution < -0.4 is 5.32 Å². The molecule has 1 aromatic carbocycles. The molecule has 0 aliphatic rings. The molecule has 0 saturated carbocycles. The highest BCUT2D eigenvalue weighted by atomic mass is 16.6. The zero-order chi connectivity index (χ0) is 13.0. The zero-order valence-corrected chi connectivity index (χ0v) is 9.11. The Kier molecular flexibility index (Phi) is 3.24. The molecular weight excluding hydrogens is 236 g/mol. The number of rotatable bonds is 3. The number of para-hydroxylation sites is 1. The summed E-state index contributed by atoms with van der Waals surface area (Å²) >= 11 is 0. The molecule has 0 radical (unpaired) electrons. The lowest BCUT2D eigenvalue weighted by Crippen LogP contribution is -2.15. The van der Waals surface area contributed by atoms with Crippen molar-refractivity contribution < 1.29 is 9.72 Å². The monoisotopic (exact) mass is 244 g/mol. The third-order valence-corrected chi connectivity index (χ3v) is 2.14. The first-order valence-corrected chi connectivity index (χ1v) is 5.00. The number of hydrogen-bond donors (Lipinski definition) is 1. The predicted molar refractivity (Wildman–Crippen MR) is 63.1 cm³/mol. The van der Waals surface area contributed by atoms with Gasteiger partial charge < -0.3 is 0 Å². The second-order valence-corrected chi connectivity index (χ2v) is 3.30. The summed E-state index contributed by atoms with van der Waals surface area (Å²) in [6.07, 6.45) is 2.92. The van der Waals surface area contributed by atoms with Crippen LogP contribution in [0.1, 0.15) is 10.4 Å². The number of nitro groups is 1. The molecule has 0 bridgehead atoms. The number of hydrogen-bond acceptors (Lipinski definition) is 5. The number of benzene rings is 1. The van der Waals surface area contributed by atoms with Crippen molar-refractivity contribution in [2.45, 2.75) is 0 Å². The average molecular weight is 244 g/mol. The highest BCUT2D eigenvalue weighted by molar-refractivity contribution is 6.06. The molecule has 0 spiro atoms. The van der Waals surface area contributed by atoms with Gasteiger partial charge in [-0.2, -0.15) is 0 Å². The first kappa shape index (κ1) is 11.6. The van der Waals surface area contributed by atoms with Crippen LogP contribution in [0.25, 0.3) is 0 Å². The topological polar surface area (TPSA) is 98.0 Å². The molecule has 1 aromatic heterocycles. The molecule has 0 unspecified atom stereocenters. The van der Waals surface area contributed by atoms with Crippen LogP contribution in [0.3, 0.4) is 0 Å². The quantitative estimate of drug-likeness (QED) is 0.653. The van der Waals surface area contributed by atoms with Crippen molar-refractivity contribution in [3.63, 3.8) is 0 Å². The van der Waals surface area contributed by atoms with Crippen molar-refractivity contribution in [1.29, 1.82) is 0 Å². The van der Waals surface area contributed by atoms with Crippen molar-refractivity contribution in [3.05, 3.63) is 58.4 Å². The van der Waals surface area contributed by atoms with Gasteiger partial charge in [0.2, 0.25) is 5.95 Å². The minimum Gasteiger partial charge on any atom is -0.290 e. The summed E-state index contributed by atoms with van der Waals surface area (Å²) in [6.45, 7) is 0. The van der Waals surface area contributed by atoms with E-state index in [-0.39, 0.29) is 17.2 Å². The van der Waals surface area contributed by atoms with Crippen molar-refractivity contribution in [3.8, 4) is 0 Å². The van der Waals surface area contributed by atoms with Crippen LogP contribution >= 0.6 is 0 Å². The molecule has 0 aliphatic heterocycles. The van der Waals surface area contributed by atoms with Crippen molar-refractivity contribution in [1.82, 2.24) is 9.97 Å². The summed E-state index contributed by atoms with van der Waals surface area (Å²) in [5.74, 6) is -0.519. The Morgan fingerprint density at radius 3 is 2.50 bits per heavy atom. The molecule has 0 saturated heterocycles. The standard InChI is InChI=1S/C11H8N4O3/c16-10(14-11-12-6-3-7-13-11)8-4-1-2-5-9(8)15(17)18/h1-7H,(H,12,13,14,16). The van der Waals surface area contributed by atoms with Gasteiger partial charge in [0.05, 0.1) is 4.92 Å². The fraction of sp³-hybridized carbons (Fsp3) is 0. The predicted octanol–water partition coefficient (Wildman–Crippen LogP) is 1.64. The van der Waals surface area contributed by atoms with Crippen LogP contribution in [0.4, 0.5) is 11.6 Å². The smallest absolute Gasteiger partial charge is 0.282 e. The Labute approximate surface area is 102 Å². The fourth-order valence-electron chi connectivity index (χ4n) is 1.36.